The molecule has 10 heteroatoms. The molecule has 0 aromatic heterocycles. The Labute approximate surface area is 222 Å². The SMILES string of the molecule is CC1=C(C)C(=C(\c2ccccc2)S(=O)C(Cl)(Cl)Cl)/C1=C(/c1ccccc1)S(=O)C(Cl)(Cl)Cl. The molecule has 1 aliphatic rings. The maximum Gasteiger partial charge on any atom is 0.270 e. The van der Waals surface area contributed by atoms with Crippen LogP contribution in [0.4, 0.5) is 0 Å². The molecule has 0 amide bonds. The summed E-state index contributed by atoms with van der Waals surface area (Å²) in [5.74, 6) is 0. The van der Waals surface area contributed by atoms with E-state index in [0.717, 1.165) is 11.1 Å². The van der Waals surface area contributed by atoms with Crippen molar-refractivity contribution in [2.75, 3.05) is 0 Å². The predicted molar refractivity (Wildman–Crippen MR) is 142 cm³/mol. The standard InChI is InChI=1S/C22H16Cl6O2S2/c1-13-14(2)18(20(32(30)22(26,27)28)16-11-7-4-8-12-16)17(13)19(31(29)21(23,24)25)15-9-5-3-6-10-15/h3-12H,1-2H3/b19-17-,20-18-. The Bertz CT molecular complexity index is 1080. The average molecular weight is 589 g/mol. The second kappa shape index (κ2) is 10.1. The molecular formula is C22H16Cl6O2S2. The van der Waals surface area contributed by atoms with E-state index < -0.39 is 27.8 Å². The highest BCUT2D eigenvalue weighted by molar-refractivity contribution is 8.00. The summed E-state index contributed by atoms with van der Waals surface area (Å²) in [5, 5.41) is 0. The Morgan fingerprint density at radius 3 is 1.12 bits per heavy atom. The third-order valence-corrected chi connectivity index (χ3v) is 9.86. The van der Waals surface area contributed by atoms with Crippen LogP contribution in [0.2, 0.25) is 0 Å². The van der Waals surface area contributed by atoms with Crippen LogP contribution < -0.4 is 0 Å². The molecular weight excluding hydrogens is 573 g/mol. The number of rotatable bonds is 4. The van der Waals surface area contributed by atoms with Crippen LogP contribution in [-0.4, -0.2) is 14.7 Å². The van der Waals surface area contributed by atoms with Gasteiger partial charge in [0.2, 0.25) is 0 Å². The Hall–Kier alpha value is -0.300. The Morgan fingerprint density at radius 2 is 0.875 bits per heavy atom. The molecule has 170 valence electrons. The summed E-state index contributed by atoms with van der Waals surface area (Å²) in [7, 11) is -4.12. The summed E-state index contributed by atoms with van der Waals surface area (Å²) < 4.78 is 22.6. The van der Waals surface area contributed by atoms with Gasteiger partial charge in [0.15, 0.2) is 0 Å². The van der Waals surface area contributed by atoms with E-state index in [9.17, 15) is 8.42 Å². The average Bonchev–Trinajstić information content (AvgIpc) is 2.75. The Morgan fingerprint density at radius 1 is 0.594 bits per heavy atom. The molecule has 0 fully saturated rings. The van der Waals surface area contributed by atoms with Crippen molar-refractivity contribution in [2.24, 2.45) is 0 Å². The Kier molecular flexibility index (Phi) is 8.33. The number of benzene rings is 2. The highest BCUT2D eigenvalue weighted by atomic mass is 35.6. The van der Waals surface area contributed by atoms with Gasteiger partial charge in [-0.05, 0) is 36.1 Å². The first-order valence-electron chi connectivity index (χ1n) is 9.11. The first-order valence-corrected chi connectivity index (χ1v) is 13.7. The lowest BCUT2D eigenvalue weighted by atomic mass is 9.77. The minimum absolute atomic E-state index is 0.304. The topological polar surface area (TPSA) is 34.1 Å². The smallest absolute Gasteiger partial charge is 0.250 e. The van der Waals surface area contributed by atoms with Crippen molar-refractivity contribution in [3.05, 3.63) is 94.1 Å². The molecule has 0 N–H and O–H groups in total. The van der Waals surface area contributed by atoms with Crippen molar-refractivity contribution in [3.63, 3.8) is 0 Å². The lowest BCUT2D eigenvalue weighted by Gasteiger charge is -2.33. The molecule has 0 aliphatic heterocycles. The van der Waals surface area contributed by atoms with Gasteiger partial charge in [0.25, 0.3) is 6.25 Å². The van der Waals surface area contributed by atoms with Gasteiger partial charge in [-0.15, -0.1) is 0 Å². The summed E-state index contributed by atoms with van der Waals surface area (Å²) in [5.41, 5.74) is 3.94. The van der Waals surface area contributed by atoms with Crippen LogP contribution in [0.1, 0.15) is 25.0 Å². The number of halogens is 6. The molecule has 0 spiro atoms. The largest absolute Gasteiger partial charge is 0.270 e. The number of hydrogen-bond acceptors (Lipinski definition) is 2. The first-order chi connectivity index (χ1) is 14.9. The molecule has 2 aromatic rings. The number of alkyl halides is 6. The van der Waals surface area contributed by atoms with Gasteiger partial charge in [0.05, 0.1) is 9.81 Å². The van der Waals surface area contributed by atoms with Gasteiger partial charge in [0, 0.05) is 11.1 Å². The van der Waals surface area contributed by atoms with Crippen LogP contribution in [0, 0.1) is 0 Å². The minimum Gasteiger partial charge on any atom is -0.250 e. The fourth-order valence-corrected chi connectivity index (χ4v) is 6.79. The van der Waals surface area contributed by atoms with Crippen molar-refractivity contribution in [1.82, 2.24) is 0 Å². The van der Waals surface area contributed by atoms with Crippen LogP contribution in [0.5, 0.6) is 0 Å². The summed E-state index contributed by atoms with van der Waals surface area (Å²) in [6.07, 6.45) is 0. The van der Waals surface area contributed by atoms with Gasteiger partial charge in [-0.1, -0.05) is 130 Å². The molecule has 2 aromatic carbocycles. The third kappa shape index (κ3) is 5.34. The molecule has 2 atom stereocenters. The van der Waals surface area contributed by atoms with E-state index in [4.69, 9.17) is 69.6 Å². The lowest BCUT2D eigenvalue weighted by molar-refractivity contribution is 0.688. The highest BCUT2D eigenvalue weighted by Gasteiger charge is 2.42. The zero-order valence-electron chi connectivity index (χ0n) is 16.7. The zero-order valence-corrected chi connectivity index (χ0v) is 22.8. The second-order valence-electron chi connectivity index (χ2n) is 6.82. The van der Waals surface area contributed by atoms with E-state index in [2.05, 4.69) is 0 Å². The van der Waals surface area contributed by atoms with Crippen LogP contribution in [0.3, 0.4) is 0 Å². The summed E-state index contributed by atoms with van der Waals surface area (Å²) >= 11 is 36.3. The summed E-state index contributed by atoms with van der Waals surface area (Å²) in [6, 6.07) is 17.9. The van der Waals surface area contributed by atoms with Crippen molar-refractivity contribution < 1.29 is 8.42 Å². The molecule has 2 nitrogen and oxygen atoms in total. The fourth-order valence-electron chi connectivity index (χ4n) is 3.35. The van der Waals surface area contributed by atoms with Crippen LogP contribution in [0.25, 0.3) is 9.81 Å². The summed E-state index contributed by atoms with van der Waals surface area (Å²) in [6.45, 7) is 3.71. The Balaban J connectivity index is 2.47. The quantitative estimate of drug-likeness (QED) is 0.337. The van der Waals surface area contributed by atoms with E-state index in [-0.39, 0.29) is 0 Å². The molecule has 2 unspecified atom stereocenters. The molecule has 0 radical (unpaired) electrons. The second-order valence-corrected chi connectivity index (χ2v) is 15.8. The van der Waals surface area contributed by atoms with Gasteiger partial charge in [0.1, 0.15) is 21.6 Å². The molecule has 1 aliphatic carbocycles. The van der Waals surface area contributed by atoms with E-state index in [1.807, 2.05) is 26.0 Å². The van der Waals surface area contributed by atoms with Gasteiger partial charge in [-0.2, -0.15) is 0 Å². The maximum absolute atomic E-state index is 13.4. The van der Waals surface area contributed by atoms with Gasteiger partial charge in [-0.3, -0.25) is 0 Å². The maximum atomic E-state index is 13.4. The van der Waals surface area contributed by atoms with Crippen LogP contribution in [-0.2, 0) is 21.6 Å². The van der Waals surface area contributed by atoms with E-state index in [1.165, 1.54) is 0 Å². The van der Waals surface area contributed by atoms with E-state index in [1.54, 1.807) is 48.5 Å². The first kappa shape index (κ1) is 26.3. The summed E-state index contributed by atoms with van der Waals surface area (Å²) in [4.78, 5) is 0.608. The normalized spacial score (nSPS) is 19.9. The fraction of sp³-hybridized carbons (Fsp3) is 0.182. The van der Waals surface area contributed by atoms with Crippen molar-refractivity contribution in [1.29, 1.82) is 0 Å². The van der Waals surface area contributed by atoms with Crippen LogP contribution >= 0.6 is 69.6 Å². The monoisotopic (exact) mass is 586 g/mol. The number of allylic oxidation sites excluding steroid dienone is 4. The highest BCUT2D eigenvalue weighted by Crippen LogP contribution is 2.53. The molecule has 3 rings (SSSR count). The molecule has 32 heavy (non-hydrogen) atoms. The van der Waals surface area contributed by atoms with Gasteiger partial charge < -0.3 is 0 Å². The molecule has 0 bridgehead atoms. The molecule has 0 saturated heterocycles. The minimum atomic E-state index is -2.09. The van der Waals surface area contributed by atoms with E-state index >= 15 is 0 Å². The van der Waals surface area contributed by atoms with Crippen molar-refractivity contribution in [2.45, 2.75) is 20.1 Å². The predicted octanol–water partition coefficient (Wildman–Crippen LogP) is 8.31. The van der Waals surface area contributed by atoms with Crippen molar-refractivity contribution >= 4 is 101 Å². The van der Waals surface area contributed by atoms with Crippen LogP contribution in [0.15, 0.2) is 83.0 Å². The number of hydrogen-bond donors (Lipinski definition) is 0. The molecule has 0 saturated carbocycles. The zero-order chi connectivity index (χ0) is 23.8. The van der Waals surface area contributed by atoms with E-state index in [0.29, 0.717) is 32.1 Å². The molecule has 0 heterocycles. The van der Waals surface area contributed by atoms with Gasteiger partial charge in [-0.25, -0.2) is 8.42 Å². The van der Waals surface area contributed by atoms with Gasteiger partial charge >= 0.3 is 0 Å². The third-order valence-electron chi connectivity index (χ3n) is 4.88. The lowest BCUT2D eigenvalue weighted by Crippen LogP contribution is -2.23. The van der Waals surface area contributed by atoms with Crippen molar-refractivity contribution in [3.8, 4) is 0 Å².